The van der Waals surface area contributed by atoms with Crippen molar-refractivity contribution < 1.29 is 9.52 Å². The van der Waals surface area contributed by atoms with E-state index in [9.17, 15) is 0 Å². The molecule has 0 radical (unpaired) electrons. The fourth-order valence-corrected chi connectivity index (χ4v) is 1.13. The fourth-order valence-electron chi connectivity index (χ4n) is 1.03. The van der Waals surface area contributed by atoms with E-state index in [1.165, 1.54) is 0 Å². The van der Waals surface area contributed by atoms with E-state index in [1.54, 1.807) is 24.3 Å². The molecule has 0 aliphatic carbocycles. The summed E-state index contributed by atoms with van der Waals surface area (Å²) < 4.78 is 5.14. The number of nitrogens with one attached hydrogen (secondary N) is 1. The zero-order chi connectivity index (χ0) is 10.7. The van der Waals surface area contributed by atoms with Crippen LogP contribution in [0.3, 0.4) is 0 Å². The summed E-state index contributed by atoms with van der Waals surface area (Å²) in [6.45, 7) is 0. The number of aromatic hydroxyl groups is 1. The smallest absolute Gasteiger partial charge is 0.320 e. The summed E-state index contributed by atoms with van der Waals surface area (Å²) in [5.41, 5.74) is 0.748. The first kappa shape index (κ1) is 9.79. The molecule has 1 aromatic carbocycles. The molecule has 1 heterocycles. The van der Waals surface area contributed by atoms with Crippen LogP contribution in [0.5, 0.6) is 5.75 Å². The molecule has 0 bridgehead atoms. The lowest BCUT2D eigenvalue weighted by atomic mass is 10.3. The summed E-state index contributed by atoms with van der Waals surface area (Å²) in [5, 5.41) is 19.4. The van der Waals surface area contributed by atoms with Crippen molar-refractivity contribution in [2.75, 3.05) is 5.32 Å². The first-order valence-corrected chi connectivity index (χ1v) is 4.76. The number of nitrogens with zero attached hydrogens (tertiary/aromatic N) is 2. The molecule has 2 aromatic rings. The number of phenolic OH excluding ortho intramolecular Hbond substituents is 1. The third-order valence-electron chi connectivity index (χ3n) is 1.70. The highest BCUT2D eigenvalue weighted by molar-refractivity contribution is 6.16. The Morgan fingerprint density at radius 1 is 1.27 bits per heavy atom. The van der Waals surface area contributed by atoms with Crippen molar-refractivity contribution in [2.24, 2.45) is 0 Å². The van der Waals surface area contributed by atoms with E-state index in [-0.39, 0.29) is 17.6 Å². The molecule has 0 unspecified atom stereocenters. The van der Waals surface area contributed by atoms with Gasteiger partial charge in [-0.3, -0.25) is 0 Å². The third-order valence-corrected chi connectivity index (χ3v) is 1.93. The summed E-state index contributed by atoms with van der Waals surface area (Å²) in [6.07, 6.45) is 0. The van der Waals surface area contributed by atoms with Gasteiger partial charge in [0.25, 0.3) is 0 Å². The molecule has 0 aliphatic heterocycles. The predicted octanol–water partition coefficient (Wildman–Crippen LogP) is 2.26. The molecule has 5 nitrogen and oxygen atoms in total. The largest absolute Gasteiger partial charge is 0.508 e. The second kappa shape index (κ2) is 4.18. The molecular formula is C9H8ClN3O2. The summed E-state index contributed by atoms with van der Waals surface area (Å²) in [6, 6.07) is 6.78. The molecule has 0 amide bonds. The van der Waals surface area contributed by atoms with Gasteiger partial charge in [-0.25, -0.2) is 0 Å². The third kappa shape index (κ3) is 2.38. The quantitative estimate of drug-likeness (QED) is 0.619. The molecule has 0 saturated heterocycles. The van der Waals surface area contributed by atoms with Gasteiger partial charge in [0, 0.05) is 5.69 Å². The van der Waals surface area contributed by atoms with Gasteiger partial charge >= 0.3 is 6.01 Å². The molecule has 0 saturated carbocycles. The van der Waals surface area contributed by atoms with E-state index >= 15 is 0 Å². The summed E-state index contributed by atoms with van der Waals surface area (Å²) in [4.78, 5) is 0. The van der Waals surface area contributed by atoms with E-state index in [0.29, 0.717) is 5.89 Å². The van der Waals surface area contributed by atoms with Crippen LogP contribution >= 0.6 is 11.6 Å². The number of benzene rings is 1. The van der Waals surface area contributed by atoms with Crippen molar-refractivity contribution in [3.8, 4) is 5.75 Å². The number of hydrogen-bond acceptors (Lipinski definition) is 5. The summed E-state index contributed by atoms with van der Waals surface area (Å²) >= 11 is 5.51. The number of anilines is 2. The molecule has 15 heavy (non-hydrogen) atoms. The Balaban J connectivity index is 2.11. The van der Waals surface area contributed by atoms with Gasteiger partial charge in [-0.2, -0.15) is 0 Å². The second-order valence-corrected chi connectivity index (χ2v) is 3.07. The van der Waals surface area contributed by atoms with E-state index < -0.39 is 0 Å². The Morgan fingerprint density at radius 2 is 2.00 bits per heavy atom. The highest BCUT2D eigenvalue weighted by Gasteiger charge is 2.04. The Bertz CT molecular complexity index is 441. The molecule has 6 heteroatoms. The molecule has 78 valence electrons. The maximum absolute atomic E-state index is 9.07. The van der Waals surface area contributed by atoms with Crippen LogP contribution in [0.4, 0.5) is 11.7 Å². The van der Waals surface area contributed by atoms with Crippen molar-refractivity contribution in [1.82, 2.24) is 10.2 Å². The molecule has 1 aromatic heterocycles. The van der Waals surface area contributed by atoms with Crippen molar-refractivity contribution in [2.45, 2.75) is 5.88 Å². The predicted molar refractivity (Wildman–Crippen MR) is 55.2 cm³/mol. The number of hydrogen-bond donors (Lipinski definition) is 2. The highest BCUT2D eigenvalue weighted by atomic mass is 35.5. The second-order valence-electron chi connectivity index (χ2n) is 2.81. The van der Waals surface area contributed by atoms with Crippen LogP contribution < -0.4 is 5.32 Å². The minimum Gasteiger partial charge on any atom is -0.508 e. The number of phenols is 1. The maximum atomic E-state index is 9.07. The van der Waals surface area contributed by atoms with E-state index in [0.717, 1.165) is 5.69 Å². The molecule has 0 spiro atoms. The SMILES string of the molecule is Oc1ccc(Nc2nnc(CCl)o2)cc1. The lowest BCUT2D eigenvalue weighted by Crippen LogP contribution is -1.89. The standard InChI is InChI=1S/C9H8ClN3O2/c10-5-8-12-13-9(15-8)11-6-1-3-7(14)4-2-6/h1-4,14H,5H2,(H,11,13). The number of rotatable bonds is 3. The Morgan fingerprint density at radius 3 is 2.60 bits per heavy atom. The zero-order valence-corrected chi connectivity index (χ0v) is 8.40. The van der Waals surface area contributed by atoms with Crippen LogP contribution in [-0.2, 0) is 5.88 Å². The van der Waals surface area contributed by atoms with Gasteiger partial charge in [-0.05, 0) is 24.3 Å². The van der Waals surface area contributed by atoms with E-state index in [2.05, 4.69) is 15.5 Å². The number of halogens is 1. The number of alkyl halides is 1. The van der Waals surface area contributed by atoms with Crippen molar-refractivity contribution >= 4 is 23.3 Å². The summed E-state index contributed by atoms with van der Waals surface area (Å²) in [7, 11) is 0. The van der Waals surface area contributed by atoms with Crippen LogP contribution in [-0.4, -0.2) is 15.3 Å². The topological polar surface area (TPSA) is 71.2 Å². The van der Waals surface area contributed by atoms with Crippen molar-refractivity contribution in [3.05, 3.63) is 30.2 Å². The summed E-state index contributed by atoms with van der Waals surface area (Å²) in [5.74, 6) is 0.745. The van der Waals surface area contributed by atoms with Crippen molar-refractivity contribution in [1.29, 1.82) is 0 Å². The highest BCUT2D eigenvalue weighted by Crippen LogP contribution is 2.18. The number of aromatic nitrogens is 2. The average Bonchev–Trinajstić information content (AvgIpc) is 2.69. The Labute approximate surface area is 90.7 Å². The van der Waals surface area contributed by atoms with E-state index in [4.69, 9.17) is 21.1 Å². The van der Waals surface area contributed by atoms with Crippen LogP contribution in [0.2, 0.25) is 0 Å². The monoisotopic (exact) mass is 225 g/mol. The van der Waals surface area contributed by atoms with Crippen LogP contribution in [0.15, 0.2) is 28.7 Å². The van der Waals surface area contributed by atoms with Gasteiger partial charge in [0.05, 0.1) is 0 Å². The van der Waals surface area contributed by atoms with Crippen molar-refractivity contribution in [3.63, 3.8) is 0 Å². The van der Waals surface area contributed by atoms with Gasteiger partial charge in [0.2, 0.25) is 5.89 Å². The van der Waals surface area contributed by atoms with Gasteiger partial charge < -0.3 is 14.8 Å². The zero-order valence-electron chi connectivity index (χ0n) is 7.64. The lowest BCUT2D eigenvalue weighted by Gasteiger charge is -1.99. The van der Waals surface area contributed by atoms with Crippen LogP contribution in [0, 0.1) is 0 Å². The molecule has 2 N–H and O–H groups in total. The van der Waals surface area contributed by atoms with Gasteiger partial charge in [0.15, 0.2) is 0 Å². The fraction of sp³-hybridized carbons (Fsp3) is 0.111. The minimum atomic E-state index is 0.185. The van der Waals surface area contributed by atoms with Gasteiger partial charge in [-0.15, -0.1) is 16.7 Å². The van der Waals surface area contributed by atoms with Crippen LogP contribution in [0.1, 0.15) is 5.89 Å². The maximum Gasteiger partial charge on any atom is 0.320 e. The normalized spacial score (nSPS) is 10.2. The average molecular weight is 226 g/mol. The lowest BCUT2D eigenvalue weighted by molar-refractivity contribution is 0.475. The van der Waals surface area contributed by atoms with Crippen LogP contribution in [0.25, 0.3) is 0 Å². The molecule has 0 atom stereocenters. The molecule has 0 aliphatic rings. The minimum absolute atomic E-state index is 0.185. The van der Waals surface area contributed by atoms with Gasteiger partial charge in [-0.1, -0.05) is 5.10 Å². The Hall–Kier alpha value is -1.75. The molecular weight excluding hydrogens is 218 g/mol. The molecule has 0 fully saturated rings. The van der Waals surface area contributed by atoms with E-state index in [1.807, 2.05) is 0 Å². The van der Waals surface area contributed by atoms with Gasteiger partial charge in [0.1, 0.15) is 11.6 Å². The Kier molecular flexibility index (Phi) is 2.73. The molecule has 2 rings (SSSR count). The first-order chi connectivity index (χ1) is 7.28. The first-order valence-electron chi connectivity index (χ1n) is 4.22.